The molecule has 0 atom stereocenters. The van der Waals surface area contributed by atoms with Crippen molar-refractivity contribution in [2.45, 2.75) is 0 Å². The van der Waals surface area contributed by atoms with E-state index in [-0.39, 0.29) is 0 Å². The summed E-state index contributed by atoms with van der Waals surface area (Å²) in [6.07, 6.45) is 0. The third-order valence-corrected chi connectivity index (χ3v) is 11.1. The van der Waals surface area contributed by atoms with Gasteiger partial charge >= 0.3 is 0 Å². The van der Waals surface area contributed by atoms with Crippen LogP contribution in [-0.2, 0) is 0 Å². The molecule has 0 unspecified atom stereocenters. The van der Waals surface area contributed by atoms with E-state index >= 15 is 0 Å². The Hall–Kier alpha value is -6.42. The van der Waals surface area contributed by atoms with Crippen molar-refractivity contribution >= 4 is 70.4 Å². The van der Waals surface area contributed by atoms with E-state index in [0.29, 0.717) is 0 Å². The van der Waals surface area contributed by atoms with Crippen molar-refractivity contribution in [3.63, 3.8) is 0 Å². The molecule has 10 aromatic rings. The van der Waals surface area contributed by atoms with E-state index in [4.69, 9.17) is 0 Å². The van der Waals surface area contributed by atoms with E-state index in [1.54, 1.807) is 0 Å². The maximum atomic E-state index is 2.42. The number of hydrogen-bond acceptors (Lipinski definition) is 2. The molecule has 0 aliphatic heterocycles. The van der Waals surface area contributed by atoms with Crippen molar-refractivity contribution in [2.75, 3.05) is 4.90 Å². The summed E-state index contributed by atoms with van der Waals surface area (Å²) in [7, 11) is 0. The minimum atomic E-state index is 1.11. The summed E-state index contributed by atoms with van der Waals surface area (Å²) in [5.41, 5.74) is 11.7. The molecule has 2 heterocycles. The van der Waals surface area contributed by atoms with E-state index in [1.807, 2.05) is 11.3 Å². The third kappa shape index (κ3) is 5.01. The Morgan fingerprint density at radius 3 is 1.82 bits per heavy atom. The van der Waals surface area contributed by atoms with Gasteiger partial charge in [0.2, 0.25) is 0 Å². The molecule has 51 heavy (non-hydrogen) atoms. The van der Waals surface area contributed by atoms with Crippen molar-refractivity contribution in [1.29, 1.82) is 0 Å². The highest BCUT2D eigenvalue weighted by Gasteiger charge is 2.19. The van der Waals surface area contributed by atoms with Gasteiger partial charge in [0, 0.05) is 59.3 Å². The van der Waals surface area contributed by atoms with Crippen molar-refractivity contribution in [3.05, 3.63) is 194 Å². The molecule has 0 spiro atoms. The Balaban J connectivity index is 1.17. The Morgan fingerprint density at radius 2 is 0.980 bits per heavy atom. The van der Waals surface area contributed by atoms with E-state index < -0.39 is 0 Å². The molecule has 8 aromatic carbocycles. The lowest BCUT2D eigenvalue weighted by molar-refractivity contribution is 1.18. The number of benzene rings is 8. The first-order valence-corrected chi connectivity index (χ1v) is 18.2. The van der Waals surface area contributed by atoms with E-state index in [2.05, 4.69) is 204 Å². The molecule has 0 aliphatic rings. The number of hydrogen-bond donors (Lipinski definition) is 0. The van der Waals surface area contributed by atoms with Crippen LogP contribution in [0.15, 0.2) is 194 Å². The molecule has 0 amide bonds. The summed E-state index contributed by atoms with van der Waals surface area (Å²) in [6.45, 7) is 0. The molecule has 0 saturated carbocycles. The molecule has 10 rings (SSSR count). The summed E-state index contributed by atoms with van der Waals surface area (Å²) >= 11 is 1.86. The highest BCUT2D eigenvalue weighted by atomic mass is 32.1. The van der Waals surface area contributed by atoms with Gasteiger partial charge in [0.1, 0.15) is 0 Å². The molecule has 3 heteroatoms. The number of thiophene rings is 1. The maximum Gasteiger partial charge on any atom is 0.0619 e. The number of aromatic nitrogens is 1. The lowest BCUT2D eigenvalue weighted by Gasteiger charge is -2.26. The maximum absolute atomic E-state index is 2.42. The van der Waals surface area contributed by atoms with Gasteiger partial charge in [0.25, 0.3) is 0 Å². The van der Waals surface area contributed by atoms with Gasteiger partial charge < -0.3 is 9.47 Å². The number of nitrogens with zero attached hydrogens (tertiary/aromatic N) is 2. The Labute approximate surface area is 300 Å². The highest BCUT2D eigenvalue weighted by Crippen LogP contribution is 2.43. The van der Waals surface area contributed by atoms with E-state index in [1.165, 1.54) is 64.2 Å². The largest absolute Gasteiger partial charge is 0.310 e. The zero-order valence-corrected chi connectivity index (χ0v) is 28.6. The van der Waals surface area contributed by atoms with Crippen LogP contribution < -0.4 is 4.90 Å². The first kappa shape index (κ1) is 29.5. The fraction of sp³-hybridized carbons (Fsp3) is 0. The van der Waals surface area contributed by atoms with Gasteiger partial charge in [-0.2, -0.15) is 0 Å². The molecule has 0 aliphatic carbocycles. The SMILES string of the molecule is c1ccc(-c2ccc(N(c3cccc(-c4cccc5c6ccccc6n(-c6ccccc6)c45)c3)c3ccc4c(c3)sc3ccccc34)cc2)cc1. The van der Waals surface area contributed by atoms with Crippen molar-refractivity contribution in [2.24, 2.45) is 0 Å². The van der Waals surface area contributed by atoms with Crippen LogP contribution >= 0.6 is 11.3 Å². The Morgan fingerprint density at radius 1 is 0.373 bits per heavy atom. The molecule has 0 fully saturated rings. The molecule has 0 radical (unpaired) electrons. The monoisotopic (exact) mass is 668 g/mol. The lowest BCUT2D eigenvalue weighted by atomic mass is 10.0. The van der Waals surface area contributed by atoms with Crippen LogP contribution in [0.3, 0.4) is 0 Å². The first-order chi connectivity index (χ1) is 25.3. The molecule has 0 bridgehead atoms. The average molecular weight is 669 g/mol. The topological polar surface area (TPSA) is 8.17 Å². The first-order valence-electron chi connectivity index (χ1n) is 17.4. The van der Waals surface area contributed by atoms with Crippen LogP contribution in [0.5, 0.6) is 0 Å². The quantitative estimate of drug-likeness (QED) is 0.171. The summed E-state index contributed by atoms with van der Waals surface area (Å²) in [6, 6.07) is 70.4. The minimum absolute atomic E-state index is 1.11. The molecular weight excluding hydrogens is 637 g/mol. The number of anilines is 3. The van der Waals surface area contributed by atoms with Crippen LogP contribution in [0.25, 0.3) is 69.9 Å². The third-order valence-electron chi connectivity index (χ3n) is 9.98. The van der Waals surface area contributed by atoms with Crippen molar-refractivity contribution in [1.82, 2.24) is 4.57 Å². The molecular formula is C48H32N2S. The minimum Gasteiger partial charge on any atom is -0.310 e. The molecule has 2 nitrogen and oxygen atoms in total. The van der Waals surface area contributed by atoms with Gasteiger partial charge in [-0.25, -0.2) is 0 Å². The van der Waals surface area contributed by atoms with Gasteiger partial charge in [-0.05, 0) is 77.4 Å². The standard InChI is InChI=1S/C48H32N2S/c1-3-13-33(14-4-1)34-25-27-37(28-26-34)49(39-29-30-43-42-20-8-10-24-46(42)51-47(43)32-39)38-18-11-15-35(31-38)40-21-12-22-44-41-19-7-9-23-45(41)50(48(40)44)36-16-5-2-6-17-36/h1-32H. The predicted molar refractivity (Wildman–Crippen MR) is 219 cm³/mol. The summed E-state index contributed by atoms with van der Waals surface area (Å²) < 4.78 is 5.02. The molecule has 0 N–H and O–H groups in total. The highest BCUT2D eigenvalue weighted by molar-refractivity contribution is 7.25. The van der Waals surface area contributed by atoms with Crippen molar-refractivity contribution in [3.8, 4) is 27.9 Å². The van der Waals surface area contributed by atoms with E-state index in [9.17, 15) is 0 Å². The zero-order valence-electron chi connectivity index (χ0n) is 27.8. The Kier molecular flexibility index (Phi) is 7.04. The summed E-state index contributed by atoms with van der Waals surface area (Å²) in [5.74, 6) is 0. The second kappa shape index (κ2) is 12.2. The fourth-order valence-corrected chi connectivity index (χ4v) is 8.78. The Bertz CT molecular complexity index is 2850. The summed E-state index contributed by atoms with van der Waals surface area (Å²) in [4.78, 5) is 2.40. The average Bonchev–Trinajstić information content (AvgIpc) is 3.75. The molecule has 0 saturated heterocycles. The van der Waals surface area contributed by atoms with Gasteiger partial charge in [-0.1, -0.05) is 133 Å². The van der Waals surface area contributed by atoms with Crippen LogP contribution in [0, 0.1) is 0 Å². The van der Waals surface area contributed by atoms with Gasteiger partial charge in [0.05, 0.1) is 11.0 Å². The van der Waals surface area contributed by atoms with Crippen LogP contribution in [0.2, 0.25) is 0 Å². The number of rotatable bonds is 6. The molecule has 240 valence electrons. The van der Waals surface area contributed by atoms with Crippen LogP contribution in [0.1, 0.15) is 0 Å². The number of para-hydroxylation sites is 3. The fourth-order valence-electron chi connectivity index (χ4n) is 7.64. The van der Waals surface area contributed by atoms with E-state index in [0.717, 1.165) is 22.7 Å². The predicted octanol–water partition coefficient (Wildman–Crippen LogP) is 14.0. The second-order valence-electron chi connectivity index (χ2n) is 13.0. The second-order valence-corrected chi connectivity index (χ2v) is 14.1. The number of fused-ring (bicyclic) bond motifs is 6. The normalized spacial score (nSPS) is 11.5. The van der Waals surface area contributed by atoms with Gasteiger partial charge in [-0.3, -0.25) is 0 Å². The summed E-state index contributed by atoms with van der Waals surface area (Å²) in [5, 5.41) is 5.12. The van der Waals surface area contributed by atoms with Crippen molar-refractivity contribution < 1.29 is 0 Å². The zero-order chi connectivity index (χ0) is 33.7. The van der Waals surface area contributed by atoms with Crippen LogP contribution in [-0.4, -0.2) is 4.57 Å². The smallest absolute Gasteiger partial charge is 0.0619 e. The van der Waals surface area contributed by atoms with Crippen LogP contribution in [0.4, 0.5) is 17.1 Å². The van der Waals surface area contributed by atoms with Gasteiger partial charge in [-0.15, -0.1) is 11.3 Å². The van der Waals surface area contributed by atoms with Gasteiger partial charge in [0.15, 0.2) is 0 Å². The molecule has 2 aromatic heterocycles. The lowest BCUT2D eigenvalue weighted by Crippen LogP contribution is -2.10.